The number of nitrogens with zero attached hydrogens (tertiary/aromatic N) is 2. The lowest BCUT2D eigenvalue weighted by Crippen LogP contribution is -1.85. The van der Waals surface area contributed by atoms with E-state index in [4.69, 9.17) is 16.1 Å². The van der Waals surface area contributed by atoms with Crippen LogP contribution in [-0.2, 0) is 0 Å². The van der Waals surface area contributed by atoms with Crippen molar-refractivity contribution >= 4 is 22.6 Å². The van der Waals surface area contributed by atoms with Gasteiger partial charge in [-0.1, -0.05) is 47.1 Å². The molecule has 2 aromatic carbocycles. The Labute approximate surface area is 131 Å². The fraction of sp³-hybridized carbons (Fsp3) is 0.0588. The third-order valence-corrected chi connectivity index (χ3v) is 3.86. The van der Waals surface area contributed by atoms with Gasteiger partial charge in [0.2, 0.25) is 5.22 Å². The Balaban J connectivity index is 1.91. The molecule has 0 saturated carbocycles. The number of imidazole rings is 1. The molecule has 4 rings (SSSR count). The van der Waals surface area contributed by atoms with Crippen LogP contribution in [0.3, 0.4) is 0 Å². The average molecular weight is 310 g/mol. The summed E-state index contributed by atoms with van der Waals surface area (Å²) in [5.41, 5.74) is 5.32. The van der Waals surface area contributed by atoms with E-state index in [1.54, 1.807) is 0 Å². The second-order valence-corrected chi connectivity index (χ2v) is 5.49. The Morgan fingerprint density at radius 2 is 1.82 bits per heavy atom. The van der Waals surface area contributed by atoms with Gasteiger partial charge >= 0.3 is 0 Å². The largest absolute Gasteiger partial charge is 0.343 e. The summed E-state index contributed by atoms with van der Waals surface area (Å²) in [6.45, 7) is 2.04. The number of para-hydroxylation sites is 2. The lowest BCUT2D eigenvalue weighted by molar-refractivity contribution is 0.424. The lowest BCUT2D eigenvalue weighted by Gasteiger charge is -2.00. The highest BCUT2D eigenvalue weighted by Gasteiger charge is 2.20. The number of hydrogen-bond acceptors (Lipinski definition) is 3. The normalized spacial score (nSPS) is 11.2. The van der Waals surface area contributed by atoms with Gasteiger partial charge in [0, 0.05) is 5.56 Å². The fourth-order valence-electron chi connectivity index (χ4n) is 2.46. The maximum Gasteiger partial charge on any atom is 0.237 e. The number of rotatable bonds is 2. The molecule has 0 aliphatic heterocycles. The predicted molar refractivity (Wildman–Crippen MR) is 86.8 cm³/mol. The quantitative estimate of drug-likeness (QED) is 0.576. The molecule has 0 bridgehead atoms. The van der Waals surface area contributed by atoms with Crippen molar-refractivity contribution in [1.29, 1.82) is 0 Å². The van der Waals surface area contributed by atoms with E-state index in [-0.39, 0.29) is 5.22 Å². The number of aryl methyl sites for hydroxylation is 1. The van der Waals surface area contributed by atoms with Gasteiger partial charge in [-0.05, 0) is 30.7 Å². The molecule has 0 amide bonds. The number of aromatic amines is 1. The van der Waals surface area contributed by atoms with E-state index in [9.17, 15) is 0 Å². The summed E-state index contributed by atoms with van der Waals surface area (Å²) < 4.78 is 5.19. The molecule has 0 saturated heterocycles. The highest BCUT2D eigenvalue weighted by atomic mass is 35.5. The monoisotopic (exact) mass is 309 g/mol. The van der Waals surface area contributed by atoms with E-state index in [2.05, 4.69) is 15.1 Å². The van der Waals surface area contributed by atoms with Crippen LogP contribution >= 0.6 is 11.6 Å². The number of fused-ring (bicyclic) bond motifs is 1. The zero-order chi connectivity index (χ0) is 15.1. The van der Waals surface area contributed by atoms with Gasteiger partial charge in [0.15, 0.2) is 0 Å². The van der Waals surface area contributed by atoms with Crippen molar-refractivity contribution in [2.75, 3.05) is 0 Å². The van der Waals surface area contributed by atoms with E-state index in [1.807, 2.05) is 55.5 Å². The zero-order valence-corrected chi connectivity index (χ0v) is 12.6. The second kappa shape index (κ2) is 5.00. The maximum absolute atomic E-state index is 6.20. The molecule has 22 heavy (non-hydrogen) atoms. The van der Waals surface area contributed by atoms with Gasteiger partial charge in [0.1, 0.15) is 17.1 Å². The number of benzene rings is 2. The van der Waals surface area contributed by atoms with Crippen LogP contribution in [0.25, 0.3) is 33.7 Å². The van der Waals surface area contributed by atoms with Crippen molar-refractivity contribution in [3.05, 3.63) is 59.3 Å². The van der Waals surface area contributed by atoms with Crippen LogP contribution in [0.15, 0.2) is 53.1 Å². The van der Waals surface area contributed by atoms with E-state index in [0.29, 0.717) is 17.1 Å². The van der Waals surface area contributed by atoms with E-state index < -0.39 is 0 Å². The van der Waals surface area contributed by atoms with Crippen LogP contribution in [0.4, 0.5) is 0 Å². The summed E-state index contributed by atoms with van der Waals surface area (Å²) in [7, 11) is 0. The topological polar surface area (TPSA) is 54.7 Å². The van der Waals surface area contributed by atoms with Crippen LogP contribution in [0.2, 0.25) is 5.22 Å². The van der Waals surface area contributed by atoms with Gasteiger partial charge < -0.3 is 9.51 Å². The molecule has 5 heteroatoms. The molecular weight excluding hydrogens is 298 g/mol. The summed E-state index contributed by atoms with van der Waals surface area (Å²) in [5.74, 6) is 0.656. The van der Waals surface area contributed by atoms with Gasteiger partial charge in [-0.15, -0.1) is 0 Å². The molecule has 2 aromatic heterocycles. The third-order valence-electron chi connectivity index (χ3n) is 3.60. The molecule has 4 nitrogen and oxygen atoms in total. The minimum absolute atomic E-state index is 0.231. The summed E-state index contributed by atoms with van der Waals surface area (Å²) in [5, 5.41) is 4.33. The first-order valence-electron chi connectivity index (χ1n) is 6.90. The van der Waals surface area contributed by atoms with Crippen molar-refractivity contribution in [3.8, 4) is 22.6 Å². The molecule has 0 aliphatic rings. The summed E-state index contributed by atoms with van der Waals surface area (Å²) >= 11 is 6.20. The molecule has 0 radical (unpaired) electrons. The Morgan fingerprint density at radius 3 is 2.59 bits per heavy atom. The smallest absolute Gasteiger partial charge is 0.237 e. The van der Waals surface area contributed by atoms with Gasteiger partial charge in [0.25, 0.3) is 0 Å². The Morgan fingerprint density at radius 1 is 1.05 bits per heavy atom. The highest BCUT2D eigenvalue weighted by Crippen LogP contribution is 2.36. The van der Waals surface area contributed by atoms with E-state index >= 15 is 0 Å². The third kappa shape index (κ3) is 2.09. The van der Waals surface area contributed by atoms with Crippen molar-refractivity contribution in [3.63, 3.8) is 0 Å². The van der Waals surface area contributed by atoms with Gasteiger partial charge in [-0.2, -0.15) is 0 Å². The molecule has 1 N–H and O–H groups in total. The summed E-state index contributed by atoms with van der Waals surface area (Å²) in [6, 6.07) is 15.9. The molecular formula is C17H12ClN3O. The first-order chi connectivity index (χ1) is 10.7. The number of aromatic nitrogens is 3. The average Bonchev–Trinajstić information content (AvgIpc) is 3.11. The van der Waals surface area contributed by atoms with Crippen LogP contribution < -0.4 is 0 Å². The number of nitrogens with one attached hydrogen (secondary N) is 1. The zero-order valence-electron chi connectivity index (χ0n) is 11.8. The van der Waals surface area contributed by atoms with Crippen molar-refractivity contribution in [2.45, 2.75) is 6.92 Å². The van der Waals surface area contributed by atoms with E-state index in [0.717, 1.165) is 16.6 Å². The minimum atomic E-state index is 0.231. The molecule has 0 fully saturated rings. The molecule has 0 unspecified atom stereocenters. The maximum atomic E-state index is 6.20. The van der Waals surface area contributed by atoms with Crippen molar-refractivity contribution < 1.29 is 4.52 Å². The fourth-order valence-corrected chi connectivity index (χ4v) is 2.67. The molecule has 108 valence electrons. The molecule has 0 atom stereocenters. The Hall–Kier alpha value is -2.59. The minimum Gasteiger partial charge on any atom is -0.343 e. The molecule has 2 heterocycles. The Kier molecular flexibility index (Phi) is 2.98. The van der Waals surface area contributed by atoms with Crippen LogP contribution in [0, 0.1) is 6.92 Å². The van der Waals surface area contributed by atoms with Gasteiger partial charge in [-0.25, -0.2) is 4.98 Å². The van der Waals surface area contributed by atoms with Gasteiger partial charge in [0.05, 0.1) is 11.0 Å². The first-order valence-corrected chi connectivity index (χ1v) is 7.27. The SMILES string of the molecule is Cc1ccc(-c2noc(Cl)c2-c2nc3ccccc3[nH]2)cc1. The second-order valence-electron chi connectivity index (χ2n) is 5.15. The summed E-state index contributed by atoms with van der Waals surface area (Å²) in [4.78, 5) is 7.84. The highest BCUT2D eigenvalue weighted by molar-refractivity contribution is 6.32. The molecule has 4 aromatic rings. The van der Waals surface area contributed by atoms with Gasteiger partial charge in [-0.3, -0.25) is 0 Å². The van der Waals surface area contributed by atoms with E-state index in [1.165, 1.54) is 5.56 Å². The Bertz CT molecular complexity index is 921. The summed E-state index contributed by atoms with van der Waals surface area (Å²) in [6.07, 6.45) is 0. The molecule has 0 spiro atoms. The predicted octanol–water partition coefficient (Wildman–Crippen LogP) is 4.85. The molecule has 0 aliphatic carbocycles. The number of halogens is 1. The lowest BCUT2D eigenvalue weighted by atomic mass is 10.1. The van der Waals surface area contributed by atoms with Crippen LogP contribution in [-0.4, -0.2) is 15.1 Å². The number of H-pyrrole nitrogens is 1. The van der Waals surface area contributed by atoms with Crippen LogP contribution in [0.5, 0.6) is 0 Å². The standard InChI is InChI=1S/C17H12ClN3O/c1-10-6-8-11(9-7-10)15-14(16(18)22-21-15)17-19-12-4-2-3-5-13(12)20-17/h2-9H,1H3,(H,19,20). The van der Waals surface area contributed by atoms with Crippen LogP contribution in [0.1, 0.15) is 5.56 Å². The number of hydrogen-bond donors (Lipinski definition) is 1. The van der Waals surface area contributed by atoms with Crippen molar-refractivity contribution in [1.82, 2.24) is 15.1 Å². The van der Waals surface area contributed by atoms with Crippen molar-refractivity contribution in [2.24, 2.45) is 0 Å². The first kappa shape index (κ1) is 13.1.